The average Bonchev–Trinajstić information content (AvgIpc) is 2.43. The van der Waals surface area contributed by atoms with E-state index in [0.29, 0.717) is 21.8 Å². The number of hydrogen-bond acceptors (Lipinski definition) is 3. The average molecular weight is 309 g/mol. The standard InChI is InChI=1S/C14H10Cl2N2O2/c15-7-5-9(12(19)10(16)6-7)13-17-11-4-2-1-3-8(11)14(20)18-13/h1-6,13,17,19H,(H,18,20)/t13-/m0/s1. The summed E-state index contributed by atoms with van der Waals surface area (Å²) in [7, 11) is 0. The summed E-state index contributed by atoms with van der Waals surface area (Å²) in [4.78, 5) is 12.1. The van der Waals surface area contributed by atoms with Crippen LogP contribution in [0.15, 0.2) is 36.4 Å². The van der Waals surface area contributed by atoms with Crippen LogP contribution in [0.3, 0.4) is 0 Å². The minimum absolute atomic E-state index is 0.103. The predicted molar refractivity (Wildman–Crippen MR) is 78.4 cm³/mol. The molecule has 6 heteroatoms. The van der Waals surface area contributed by atoms with Gasteiger partial charge in [0.15, 0.2) is 0 Å². The molecule has 1 heterocycles. The Kier molecular flexibility index (Phi) is 3.20. The zero-order valence-electron chi connectivity index (χ0n) is 10.2. The van der Waals surface area contributed by atoms with Gasteiger partial charge in [0.2, 0.25) is 0 Å². The summed E-state index contributed by atoms with van der Waals surface area (Å²) in [6.45, 7) is 0. The van der Waals surface area contributed by atoms with Gasteiger partial charge in [-0.15, -0.1) is 0 Å². The van der Waals surface area contributed by atoms with Gasteiger partial charge in [0.25, 0.3) is 5.91 Å². The van der Waals surface area contributed by atoms with Crippen molar-refractivity contribution in [3.8, 4) is 5.75 Å². The van der Waals surface area contributed by atoms with E-state index in [1.165, 1.54) is 6.07 Å². The Morgan fingerprint density at radius 2 is 1.85 bits per heavy atom. The predicted octanol–water partition coefficient (Wildman–Crippen LogP) is 3.55. The molecule has 0 unspecified atom stereocenters. The molecule has 0 aliphatic carbocycles. The number of hydrogen-bond donors (Lipinski definition) is 3. The van der Waals surface area contributed by atoms with Crippen LogP contribution in [-0.4, -0.2) is 11.0 Å². The quantitative estimate of drug-likeness (QED) is 0.755. The number of phenols is 1. The van der Waals surface area contributed by atoms with E-state index in [4.69, 9.17) is 23.2 Å². The molecule has 0 saturated heterocycles. The summed E-state index contributed by atoms with van der Waals surface area (Å²) < 4.78 is 0. The molecule has 0 radical (unpaired) electrons. The van der Waals surface area contributed by atoms with Crippen LogP contribution in [0, 0.1) is 0 Å². The fourth-order valence-electron chi connectivity index (χ4n) is 2.17. The highest BCUT2D eigenvalue weighted by atomic mass is 35.5. The van der Waals surface area contributed by atoms with Crippen molar-refractivity contribution in [3.05, 3.63) is 57.6 Å². The molecule has 3 N–H and O–H groups in total. The van der Waals surface area contributed by atoms with Crippen molar-refractivity contribution in [1.82, 2.24) is 5.32 Å². The number of anilines is 1. The number of fused-ring (bicyclic) bond motifs is 1. The first kappa shape index (κ1) is 13.1. The maximum atomic E-state index is 12.1. The highest BCUT2D eigenvalue weighted by Crippen LogP contribution is 2.37. The summed E-state index contributed by atoms with van der Waals surface area (Å²) in [5.74, 6) is -0.326. The van der Waals surface area contributed by atoms with E-state index >= 15 is 0 Å². The number of benzene rings is 2. The molecule has 102 valence electrons. The van der Waals surface area contributed by atoms with Crippen LogP contribution in [0.5, 0.6) is 5.75 Å². The van der Waals surface area contributed by atoms with Gasteiger partial charge in [-0.3, -0.25) is 4.79 Å². The van der Waals surface area contributed by atoms with Crippen LogP contribution in [0.1, 0.15) is 22.1 Å². The number of aromatic hydroxyl groups is 1. The number of rotatable bonds is 1. The van der Waals surface area contributed by atoms with Gasteiger partial charge in [-0.25, -0.2) is 0 Å². The number of para-hydroxylation sites is 1. The summed E-state index contributed by atoms with van der Waals surface area (Å²) in [5.41, 5.74) is 1.67. The molecule has 4 nitrogen and oxygen atoms in total. The molecule has 1 aliphatic rings. The van der Waals surface area contributed by atoms with Crippen LogP contribution >= 0.6 is 23.2 Å². The van der Waals surface area contributed by atoms with Crippen molar-refractivity contribution < 1.29 is 9.90 Å². The molecule has 2 aromatic carbocycles. The summed E-state index contributed by atoms with van der Waals surface area (Å²) in [6.07, 6.45) is -0.589. The first-order valence-electron chi connectivity index (χ1n) is 5.90. The molecule has 0 aromatic heterocycles. The number of amides is 1. The van der Waals surface area contributed by atoms with Gasteiger partial charge in [-0.1, -0.05) is 35.3 Å². The number of carbonyl (C=O) groups is 1. The molecular formula is C14H10Cl2N2O2. The Hall–Kier alpha value is -1.91. The fraction of sp³-hybridized carbons (Fsp3) is 0.0714. The lowest BCUT2D eigenvalue weighted by molar-refractivity contribution is 0.0935. The number of carbonyl (C=O) groups excluding carboxylic acids is 1. The van der Waals surface area contributed by atoms with E-state index < -0.39 is 6.17 Å². The van der Waals surface area contributed by atoms with Crippen molar-refractivity contribution in [1.29, 1.82) is 0 Å². The number of halogens is 2. The lowest BCUT2D eigenvalue weighted by Crippen LogP contribution is -2.38. The minimum Gasteiger partial charge on any atom is -0.506 e. The van der Waals surface area contributed by atoms with E-state index in [0.717, 1.165) is 0 Å². The maximum Gasteiger partial charge on any atom is 0.255 e. The van der Waals surface area contributed by atoms with E-state index in [-0.39, 0.29) is 16.7 Å². The van der Waals surface area contributed by atoms with E-state index in [2.05, 4.69) is 10.6 Å². The lowest BCUT2D eigenvalue weighted by atomic mass is 10.1. The summed E-state index contributed by atoms with van der Waals surface area (Å²) in [5, 5.41) is 16.4. The second-order valence-electron chi connectivity index (χ2n) is 4.42. The largest absolute Gasteiger partial charge is 0.506 e. The zero-order valence-corrected chi connectivity index (χ0v) is 11.7. The van der Waals surface area contributed by atoms with E-state index in [1.54, 1.807) is 24.3 Å². The Morgan fingerprint density at radius 3 is 2.65 bits per heavy atom. The van der Waals surface area contributed by atoms with Gasteiger partial charge in [0.1, 0.15) is 11.9 Å². The first-order chi connectivity index (χ1) is 9.56. The van der Waals surface area contributed by atoms with Crippen LogP contribution in [0.25, 0.3) is 0 Å². The molecule has 0 bridgehead atoms. The second-order valence-corrected chi connectivity index (χ2v) is 5.27. The topological polar surface area (TPSA) is 61.4 Å². The summed E-state index contributed by atoms with van der Waals surface area (Å²) >= 11 is 11.8. The number of nitrogens with one attached hydrogen (secondary N) is 2. The van der Waals surface area contributed by atoms with E-state index in [1.807, 2.05) is 6.07 Å². The zero-order chi connectivity index (χ0) is 14.3. The third-order valence-corrected chi connectivity index (χ3v) is 3.62. The van der Waals surface area contributed by atoms with E-state index in [9.17, 15) is 9.90 Å². The highest BCUT2D eigenvalue weighted by Gasteiger charge is 2.26. The van der Waals surface area contributed by atoms with Crippen LogP contribution in [-0.2, 0) is 0 Å². The molecule has 0 fully saturated rings. The molecule has 1 amide bonds. The second kappa shape index (κ2) is 4.89. The SMILES string of the molecule is O=C1N[C@@H](c2cc(Cl)cc(Cl)c2O)Nc2ccccc21. The van der Waals surface area contributed by atoms with Gasteiger partial charge in [0, 0.05) is 16.3 Å². The molecule has 2 aromatic rings. The molecule has 3 rings (SSSR count). The van der Waals surface area contributed by atoms with Crippen LogP contribution in [0.2, 0.25) is 10.0 Å². The Bertz CT molecular complexity index is 704. The molecule has 20 heavy (non-hydrogen) atoms. The van der Waals surface area contributed by atoms with Gasteiger partial charge in [0.05, 0.1) is 10.6 Å². The molecule has 0 saturated carbocycles. The van der Waals surface area contributed by atoms with Gasteiger partial charge < -0.3 is 15.7 Å². The minimum atomic E-state index is -0.589. The normalized spacial score (nSPS) is 17.1. The molecule has 1 atom stereocenters. The van der Waals surface area contributed by atoms with Gasteiger partial charge in [-0.05, 0) is 24.3 Å². The Balaban J connectivity index is 2.04. The van der Waals surface area contributed by atoms with Crippen molar-refractivity contribution >= 4 is 34.8 Å². The van der Waals surface area contributed by atoms with Crippen LogP contribution < -0.4 is 10.6 Å². The van der Waals surface area contributed by atoms with Crippen molar-refractivity contribution in [3.63, 3.8) is 0 Å². The van der Waals surface area contributed by atoms with Crippen molar-refractivity contribution in [2.24, 2.45) is 0 Å². The van der Waals surface area contributed by atoms with Crippen LogP contribution in [0.4, 0.5) is 5.69 Å². The molecule has 0 spiro atoms. The van der Waals surface area contributed by atoms with Gasteiger partial charge >= 0.3 is 0 Å². The lowest BCUT2D eigenvalue weighted by Gasteiger charge is -2.28. The summed E-state index contributed by atoms with van der Waals surface area (Å²) in [6, 6.07) is 10.1. The third kappa shape index (κ3) is 2.17. The molecular weight excluding hydrogens is 299 g/mol. The highest BCUT2D eigenvalue weighted by molar-refractivity contribution is 6.35. The number of phenolic OH excluding ortho intramolecular Hbond substituents is 1. The van der Waals surface area contributed by atoms with Crippen molar-refractivity contribution in [2.75, 3.05) is 5.32 Å². The Labute approximate surface area is 125 Å². The van der Waals surface area contributed by atoms with Gasteiger partial charge in [-0.2, -0.15) is 0 Å². The fourth-order valence-corrected chi connectivity index (χ4v) is 2.68. The molecule has 1 aliphatic heterocycles. The smallest absolute Gasteiger partial charge is 0.255 e. The maximum absolute atomic E-state index is 12.1. The first-order valence-corrected chi connectivity index (χ1v) is 6.66. The third-order valence-electron chi connectivity index (χ3n) is 3.12. The Morgan fingerprint density at radius 1 is 1.10 bits per heavy atom. The monoisotopic (exact) mass is 308 g/mol. The van der Waals surface area contributed by atoms with Crippen molar-refractivity contribution in [2.45, 2.75) is 6.17 Å².